The normalized spacial score (nSPS) is 49.8. The molecule has 5 heteroatoms. The zero-order valence-corrected chi connectivity index (χ0v) is 19.0. The standard InChI is InChI=1S/C25H41F3O2/c1-22(30)13-14-24(3)17(15-22)7-9-18-19-10-8-16(23(19,2)12-11-20(18)24)5-4-6-21(29)25(26,27)28/h16-21,29-30H,4-15H2,1-3H3/t16?,17?,18?,19-,20?,21?,22-,23?,24?/m0/s1. The largest absolute Gasteiger partial charge is 0.414 e. The molecule has 0 radical (unpaired) electrons. The SMILES string of the molecule is CC12CC[C@](C)(O)CC1CCC1C2CCC2(C)C(CCCC(O)C(F)(F)F)CC[C@@H]12. The lowest BCUT2D eigenvalue weighted by molar-refractivity contribution is -0.205. The fourth-order valence-corrected chi connectivity index (χ4v) is 8.74. The molecule has 0 aromatic heterocycles. The quantitative estimate of drug-likeness (QED) is 0.535. The Kier molecular flexibility index (Phi) is 5.83. The Morgan fingerprint density at radius 2 is 1.60 bits per heavy atom. The number of hydrogen-bond donors (Lipinski definition) is 2. The van der Waals surface area contributed by atoms with Gasteiger partial charge in [-0.25, -0.2) is 0 Å². The maximum absolute atomic E-state index is 12.6. The van der Waals surface area contributed by atoms with Crippen LogP contribution >= 0.6 is 0 Å². The van der Waals surface area contributed by atoms with Crippen LogP contribution in [0.15, 0.2) is 0 Å². The molecule has 0 amide bonds. The van der Waals surface area contributed by atoms with Crippen LogP contribution in [-0.2, 0) is 0 Å². The molecule has 9 atom stereocenters. The Morgan fingerprint density at radius 3 is 2.30 bits per heavy atom. The third-order valence-corrected chi connectivity index (χ3v) is 10.6. The summed E-state index contributed by atoms with van der Waals surface area (Å²) in [5.41, 5.74) is 0.106. The van der Waals surface area contributed by atoms with Gasteiger partial charge in [0.2, 0.25) is 0 Å². The molecule has 30 heavy (non-hydrogen) atoms. The number of aliphatic hydroxyl groups is 2. The minimum absolute atomic E-state index is 0.160. The van der Waals surface area contributed by atoms with E-state index in [1.165, 1.54) is 32.1 Å². The molecule has 4 fully saturated rings. The van der Waals surface area contributed by atoms with Gasteiger partial charge < -0.3 is 10.2 Å². The Bertz CT molecular complexity index is 632. The van der Waals surface area contributed by atoms with E-state index in [-0.39, 0.29) is 11.8 Å². The number of fused-ring (bicyclic) bond motifs is 5. The molecule has 0 heterocycles. The van der Waals surface area contributed by atoms with Gasteiger partial charge in [-0.2, -0.15) is 13.2 Å². The Balaban J connectivity index is 1.42. The minimum Gasteiger partial charge on any atom is -0.390 e. The number of aliphatic hydroxyl groups excluding tert-OH is 1. The first-order valence-electron chi connectivity index (χ1n) is 12.3. The second-order valence-corrected chi connectivity index (χ2v) is 12.2. The Morgan fingerprint density at radius 1 is 0.900 bits per heavy atom. The van der Waals surface area contributed by atoms with Crippen LogP contribution in [0.5, 0.6) is 0 Å². The summed E-state index contributed by atoms with van der Waals surface area (Å²) < 4.78 is 37.9. The number of hydrogen-bond acceptors (Lipinski definition) is 2. The van der Waals surface area contributed by atoms with Gasteiger partial charge in [0.05, 0.1) is 5.60 Å². The van der Waals surface area contributed by atoms with Gasteiger partial charge in [-0.15, -0.1) is 0 Å². The van der Waals surface area contributed by atoms with Gasteiger partial charge >= 0.3 is 6.18 Å². The summed E-state index contributed by atoms with van der Waals surface area (Å²) in [6, 6.07) is 0. The van der Waals surface area contributed by atoms with Crippen molar-refractivity contribution < 1.29 is 23.4 Å². The fourth-order valence-electron chi connectivity index (χ4n) is 8.74. The van der Waals surface area contributed by atoms with E-state index < -0.39 is 17.9 Å². The summed E-state index contributed by atoms with van der Waals surface area (Å²) in [6.07, 6.45) is 4.76. The van der Waals surface area contributed by atoms with Gasteiger partial charge in [0.25, 0.3) is 0 Å². The van der Waals surface area contributed by atoms with Gasteiger partial charge in [-0.05, 0) is 118 Å². The zero-order chi connectivity index (χ0) is 21.9. The van der Waals surface area contributed by atoms with E-state index in [1.807, 2.05) is 6.92 Å². The van der Waals surface area contributed by atoms with Crippen LogP contribution in [0.25, 0.3) is 0 Å². The van der Waals surface area contributed by atoms with E-state index >= 15 is 0 Å². The topological polar surface area (TPSA) is 40.5 Å². The van der Waals surface area contributed by atoms with Gasteiger partial charge in [0, 0.05) is 0 Å². The highest BCUT2D eigenvalue weighted by Crippen LogP contribution is 2.68. The molecule has 0 saturated heterocycles. The molecule has 7 unspecified atom stereocenters. The van der Waals surface area contributed by atoms with Crippen molar-refractivity contribution in [2.24, 2.45) is 40.4 Å². The first-order valence-corrected chi connectivity index (χ1v) is 12.3. The maximum atomic E-state index is 12.6. The third kappa shape index (κ3) is 3.84. The third-order valence-electron chi connectivity index (χ3n) is 10.6. The first-order chi connectivity index (χ1) is 13.9. The molecule has 0 aromatic rings. The van der Waals surface area contributed by atoms with Crippen LogP contribution in [0.2, 0.25) is 0 Å². The molecule has 0 spiro atoms. The predicted octanol–water partition coefficient (Wildman–Crippen LogP) is 6.49. The van der Waals surface area contributed by atoms with Crippen molar-refractivity contribution in [1.82, 2.24) is 0 Å². The summed E-state index contributed by atoms with van der Waals surface area (Å²) in [5.74, 6) is 3.33. The fraction of sp³-hybridized carbons (Fsp3) is 1.00. The average molecular weight is 431 g/mol. The van der Waals surface area contributed by atoms with E-state index in [9.17, 15) is 23.4 Å². The second kappa shape index (κ2) is 7.64. The molecule has 2 nitrogen and oxygen atoms in total. The van der Waals surface area contributed by atoms with Gasteiger partial charge in [-0.1, -0.05) is 20.3 Å². The molecule has 4 saturated carbocycles. The molecular weight excluding hydrogens is 389 g/mol. The van der Waals surface area contributed by atoms with E-state index in [0.29, 0.717) is 29.6 Å². The second-order valence-electron chi connectivity index (χ2n) is 12.2. The highest BCUT2D eigenvalue weighted by Gasteiger charge is 2.60. The monoisotopic (exact) mass is 430 g/mol. The van der Waals surface area contributed by atoms with E-state index in [4.69, 9.17) is 0 Å². The lowest BCUT2D eigenvalue weighted by Gasteiger charge is -2.62. The van der Waals surface area contributed by atoms with Gasteiger partial charge in [0.1, 0.15) is 6.10 Å². The summed E-state index contributed by atoms with van der Waals surface area (Å²) >= 11 is 0. The van der Waals surface area contributed by atoms with Crippen LogP contribution in [-0.4, -0.2) is 28.1 Å². The van der Waals surface area contributed by atoms with Crippen molar-refractivity contribution in [3.8, 4) is 0 Å². The minimum atomic E-state index is -4.49. The predicted molar refractivity (Wildman–Crippen MR) is 112 cm³/mol. The number of halogens is 3. The van der Waals surface area contributed by atoms with Crippen LogP contribution in [0.3, 0.4) is 0 Å². The smallest absolute Gasteiger partial charge is 0.390 e. The summed E-state index contributed by atoms with van der Waals surface area (Å²) in [7, 11) is 0. The number of alkyl halides is 3. The van der Waals surface area contributed by atoms with Crippen molar-refractivity contribution in [2.75, 3.05) is 0 Å². The lowest BCUT2D eigenvalue weighted by atomic mass is 9.44. The van der Waals surface area contributed by atoms with Crippen molar-refractivity contribution >= 4 is 0 Å². The van der Waals surface area contributed by atoms with E-state index in [2.05, 4.69) is 13.8 Å². The molecular formula is C25H41F3O2. The summed E-state index contributed by atoms with van der Waals surface area (Å²) in [5, 5.41) is 20.0. The van der Waals surface area contributed by atoms with Gasteiger partial charge in [0.15, 0.2) is 0 Å². The van der Waals surface area contributed by atoms with Crippen LogP contribution in [0.4, 0.5) is 13.2 Å². The average Bonchev–Trinajstić information content (AvgIpc) is 2.98. The molecule has 4 rings (SSSR count). The molecule has 0 aliphatic heterocycles. The van der Waals surface area contributed by atoms with Crippen molar-refractivity contribution in [1.29, 1.82) is 0 Å². The molecule has 0 aromatic carbocycles. The van der Waals surface area contributed by atoms with Crippen molar-refractivity contribution in [3.63, 3.8) is 0 Å². The molecule has 4 aliphatic carbocycles. The molecule has 4 aliphatic rings. The van der Waals surface area contributed by atoms with Crippen LogP contribution in [0, 0.1) is 40.4 Å². The van der Waals surface area contributed by atoms with Crippen LogP contribution < -0.4 is 0 Å². The van der Waals surface area contributed by atoms with Crippen molar-refractivity contribution in [2.45, 2.75) is 116 Å². The first kappa shape index (κ1) is 22.9. The Labute approximate surface area is 180 Å². The van der Waals surface area contributed by atoms with E-state index in [0.717, 1.165) is 43.9 Å². The highest BCUT2D eigenvalue weighted by atomic mass is 19.4. The molecule has 174 valence electrons. The van der Waals surface area contributed by atoms with Crippen molar-refractivity contribution in [3.05, 3.63) is 0 Å². The summed E-state index contributed by atoms with van der Waals surface area (Å²) in [4.78, 5) is 0. The van der Waals surface area contributed by atoms with Gasteiger partial charge in [-0.3, -0.25) is 0 Å². The summed E-state index contributed by atoms with van der Waals surface area (Å²) in [6.45, 7) is 6.93. The lowest BCUT2D eigenvalue weighted by Crippen LogP contribution is -2.55. The maximum Gasteiger partial charge on any atom is 0.414 e. The zero-order valence-electron chi connectivity index (χ0n) is 19.0. The van der Waals surface area contributed by atoms with E-state index in [1.54, 1.807) is 0 Å². The molecule has 0 bridgehead atoms. The number of rotatable bonds is 4. The Hall–Kier alpha value is -0.290. The molecule has 2 N–H and O–H groups in total. The highest BCUT2D eigenvalue weighted by molar-refractivity contribution is 5.10. The van der Waals surface area contributed by atoms with Crippen LogP contribution in [0.1, 0.15) is 97.8 Å².